The van der Waals surface area contributed by atoms with E-state index in [2.05, 4.69) is 15.5 Å². The maximum Gasteiger partial charge on any atom is 0.182 e. The number of aliphatic hydroxyl groups excluding tert-OH is 1. The highest BCUT2D eigenvalue weighted by atomic mass is 16.3. The number of nitrogens with zero attached hydrogens (tertiary/aromatic N) is 4. The van der Waals surface area contributed by atoms with Gasteiger partial charge in [-0.1, -0.05) is 12.1 Å². The monoisotopic (exact) mass is 219 g/mol. The number of tetrazole rings is 1. The summed E-state index contributed by atoms with van der Waals surface area (Å²) >= 11 is 0. The van der Waals surface area contributed by atoms with Crippen molar-refractivity contribution in [2.24, 2.45) is 0 Å². The van der Waals surface area contributed by atoms with E-state index in [4.69, 9.17) is 10.8 Å². The molecule has 0 bridgehead atoms. The van der Waals surface area contributed by atoms with Crippen LogP contribution in [0.25, 0.3) is 11.4 Å². The van der Waals surface area contributed by atoms with Gasteiger partial charge in [0.2, 0.25) is 0 Å². The van der Waals surface area contributed by atoms with E-state index in [-0.39, 0.29) is 6.61 Å². The van der Waals surface area contributed by atoms with Gasteiger partial charge in [0.25, 0.3) is 0 Å². The van der Waals surface area contributed by atoms with Crippen LogP contribution in [-0.2, 0) is 6.54 Å². The topological polar surface area (TPSA) is 89.8 Å². The Morgan fingerprint density at radius 2 is 2.25 bits per heavy atom. The van der Waals surface area contributed by atoms with E-state index in [1.807, 2.05) is 25.1 Å². The Bertz CT molecular complexity index is 494. The number of benzene rings is 1. The van der Waals surface area contributed by atoms with Crippen LogP contribution in [-0.4, -0.2) is 31.9 Å². The molecule has 1 aromatic heterocycles. The molecule has 1 aromatic carbocycles. The normalized spacial score (nSPS) is 10.6. The van der Waals surface area contributed by atoms with Crippen molar-refractivity contribution in [3.8, 4) is 11.4 Å². The maximum absolute atomic E-state index is 8.87. The first kappa shape index (κ1) is 10.6. The molecule has 0 aliphatic heterocycles. The minimum absolute atomic E-state index is 0.000612. The minimum Gasteiger partial charge on any atom is -0.398 e. The van der Waals surface area contributed by atoms with Gasteiger partial charge in [-0.15, -0.1) is 5.10 Å². The Labute approximate surface area is 92.7 Å². The van der Waals surface area contributed by atoms with Gasteiger partial charge in [0.1, 0.15) is 0 Å². The van der Waals surface area contributed by atoms with Crippen molar-refractivity contribution in [3.05, 3.63) is 23.8 Å². The van der Waals surface area contributed by atoms with Gasteiger partial charge in [0.15, 0.2) is 5.82 Å². The highest BCUT2D eigenvalue weighted by molar-refractivity contribution is 5.63. The lowest BCUT2D eigenvalue weighted by Crippen LogP contribution is -2.06. The van der Waals surface area contributed by atoms with Gasteiger partial charge in [0.05, 0.1) is 13.2 Å². The lowest BCUT2D eigenvalue weighted by molar-refractivity contribution is 0.269. The van der Waals surface area contributed by atoms with Crippen LogP contribution in [0, 0.1) is 6.92 Å². The summed E-state index contributed by atoms with van der Waals surface area (Å²) in [5.74, 6) is 0.612. The minimum atomic E-state index is -0.000612. The second kappa shape index (κ2) is 4.28. The van der Waals surface area contributed by atoms with E-state index in [9.17, 15) is 0 Å². The number of rotatable bonds is 3. The van der Waals surface area contributed by atoms with Gasteiger partial charge < -0.3 is 10.8 Å². The molecule has 0 spiro atoms. The van der Waals surface area contributed by atoms with Gasteiger partial charge in [0, 0.05) is 11.3 Å². The third-order valence-electron chi connectivity index (χ3n) is 2.38. The van der Waals surface area contributed by atoms with Crippen LogP contribution in [0.15, 0.2) is 18.2 Å². The maximum atomic E-state index is 8.87. The van der Waals surface area contributed by atoms with Gasteiger partial charge in [-0.25, -0.2) is 4.68 Å². The molecule has 0 atom stereocenters. The van der Waals surface area contributed by atoms with E-state index in [1.165, 1.54) is 0 Å². The summed E-state index contributed by atoms with van der Waals surface area (Å²) in [6.07, 6.45) is 0. The smallest absolute Gasteiger partial charge is 0.182 e. The van der Waals surface area contributed by atoms with Crippen molar-refractivity contribution in [1.82, 2.24) is 20.2 Å². The Morgan fingerprint density at radius 1 is 1.44 bits per heavy atom. The van der Waals surface area contributed by atoms with Crippen LogP contribution in [0.1, 0.15) is 5.56 Å². The largest absolute Gasteiger partial charge is 0.398 e. The van der Waals surface area contributed by atoms with Crippen molar-refractivity contribution < 1.29 is 5.11 Å². The summed E-state index contributed by atoms with van der Waals surface area (Å²) in [5, 5.41) is 20.1. The molecule has 0 fully saturated rings. The summed E-state index contributed by atoms with van der Waals surface area (Å²) in [6.45, 7) is 2.31. The van der Waals surface area contributed by atoms with Gasteiger partial charge in [-0.3, -0.25) is 0 Å². The standard InChI is InChI=1S/C10H13N5O/c1-7-2-3-8(6-9(7)11)10-12-13-14-15(10)4-5-16/h2-3,6,16H,4-5,11H2,1H3. The van der Waals surface area contributed by atoms with Crippen LogP contribution in [0.5, 0.6) is 0 Å². The lowest BCUT2D eigenvalue weighted by Gasteiger charge is -2.05. The third-order valence-corrected chi connectivity index (χ3v) is 2.38. The zero-order chi connectivity index (χ0) is 11.5. The van der Waals surface area contributed by atoms with Crippen molar-refractivity contribution >= 4 is 5.69 Å². The van der Waals surface area contributed by atoms with Gasteiger partial charge >= 0.3 is 0 Å². The molecule has 84 valence electrons. The van der Waals surface area contributed by atoms with E-state index in [0.717, 1.165) is 11.1 Å². The fraction of sp³-hybridized carbons (Fsp3) is 0.300. The Balaban J connectivity index is 2.42. The van der Waals surface area contributed by atoms with Crippen molar-refractivity contribution in [2.45, 2.75) is 13.5 Å². The van der Waals surface area contributed by atoms with E-state index in [0.29, 0.717) is 18.1 Å². The average molecular weight is 219 g/mol. The number of aromatic nitrogens is 4. The Kier molecular flexibility index (Phi) is 2.82. The number of aryl methyl sites for hydroxylation is 1. The SMILES string of the molecule is Cc1ccc(-c2nnnn2CCO)cc1N. The first-order chi connectivity index (χ1) is 7.72. The summed E-state index contributed by atoms with van der Waals surface area (Å²) < 4.78 is 1.55. The third kappa shape index (κ3) is 1.87. The first-order valence-electron chi connectivity index (χ1n) is 4.96. The number of nitrogens with two attached hydrogens (primary N) is 1. The zero-order valence-electron chi connectivity index (χ0n) is 8.96. The fourth-order valence-corrected chi connectivity index (χ4v) is 1.44. The quantitative estimate of drug-likeness (QED) is 0.721. The number of aliphatic hydroxyl groups is 1. The van der Waals surface area contributed by atoms with E-state index in [1.54, 1.807) is 4.68 Å². The highest BCUT2D eigenvalue weighted by Crippen LogP contribution is 2.21. The fourth-order valence-electron chi connectivity index (χ4n) is 1.44. The second-order valence-electron chi connectivity index (χ2n) is 3.52. The van der Waals surface area contributed by atoms with Crippen LogP contribution in [0.2, 0.25) is 0 Å². The van der Waals surface area contributed by atoms with Gasteiger partial charge in [-0.2, -0.15) is 0 Å². The highest BCUT2D eigenvalue weighted by Gasteiger charge is 2.08. The molecule has 2 rings (SSSR count). The zero-order valence-corrected chi connectivity index (χ0v) is 8.96. The second-order valence-corrected chi connectivity index (χ2v) is 3.52. The summed E-state index contributed by atoms with van der Waals surface area (Å²) in [7, 11) is 0. The molecule has 0 aliphatic carbocycles. The average Bonchev–Trinajstić information content (AvgIpc) is 2.71. The molecule has 2 aromatic rings. The van der Waals surface area contributed by atoms with Crippen molar-refractivity contribution in [3.63, 3.8) is 0 Å². The van der Waals surface area contributed by atoms with Crippen LogP contribution in [0.3, 0.4) is 0 Å². The van der Waals surface area contributed by atoms with Crippen LogP contribution >= 0.6 is 0 Å². The molecule has 6 nitrogen and oxygen atoms in total. The lowest BCUT2D eigenvalue weighted by atomic mass is 10.1. The summed E-state index contributed by atoms with van der Waals surface area (Å²) in [4.78, 5) is 0. The molecular formula is C10H13N5O. The van der Waals surface area contributed by atoms with Crippen molar-refractivity contribution in [2.75, 3.05) is 12.3 Å². The van der Waals surface area contributed by atoms with Crippen LogP contribution < -0.4 is 5.73 Å². The van der Waals surface area contributed by atoms with Gasteiger partial charge in [-0.05, 0) is 29.0 Å². The molecule has 0 aliphatic rings. The number of anilines is 1. The molecule has 16 heavy (non-hydrogen) atoms. The molecular weight excluding hydrogens is 206 g/mol. The summed E-state index contributed by atoms with van der Waals surface area (Å²) in [6, 6.07) is 5.66. The predicted octanol–water partition coefficient (Wildman–Crippen LogP) is 0.223. The Morgan fingerprint density at radius 3 is 2.94 bits per heavy atom. The molecule has 1 heterocycles. The molecule has 0 saturated heterocycles. The number of hydrogen-bond acceptors (Lipinski definition) is 5. The number of hydrogen-bond donors (Lipinski definition) is 2. The summed E-state index contributed by atoms with van der Waals surface area (Å²) in [5.41, 5.74) is 8.40. The molecule has 0 unspecified atom stereocenters. The molecule has 6 heteroatoms. The molecule has 0 saturated carbocycles. The molecule has 0 radical (unpaired) electrons. The van der Waals surface area contributed by atoms with Crippen LogP contribution in [0.4, 0.5) is 5.69 Å². The van der Waals surface area contributed by atoms with E-state index >= 15 is 0 Å². The van der Waals surface area contributed by atoms with E-state index < -0.39 is 0 Å². The molecule has 0 amide bonds. The van der Waals surface area contributed by atoms with Crippen molar-refractivity contribution in [1.29, 1.82) is 0 Å². The number of nitrogen functional groups attached to an aromatic ring is 1. The molecule has 3 N–H and O–H groups in total. The predicted molar refractivity (Wildman–Crippen MR) is 59.5 cm³/mol. The Hall–Kier alpha value is -1.95. The first-order valence-corrected chi connectivity index (χ1v) is 4.96.